The molecule has 0 saturated carbocycles. The van der Waals surface area contributed by atoms with E-state index in [0.717, 1.165) is 23.2 Å². The maximum absolute atomic E-state index is 13.1. The smallest absolute Gasteiger partial charge is 0.336 e. The standard InChI is InChI=1S/C25H20Cl2N2O4S/c26-14-8-10-23(21(27)12-14)29-34(32,33)15-9-11-22-20(13-15)16-6-3-7-17(16)24(28-22)18-4-1-2-5-19(18)25(30)31/h1-6,8-13,16-17,24,28-29H,7H2,(H,30,31)/t16-,17+,24-/m0/s1. The molecule has 0 fully saturated rings. The second-order valence-electron chi connectivity index (χ2n) is 8.35. The zero-order valence-corrected chi connectivity index (χ0v) is 20.0. The summed E-state index contributed by atoms with van der Waals surface area (Å²) in [5.74, 6) is -0.957. The van der Waals surface area contributed by atoms with Crippen molar-refractivity contribution in [3.8, 4) is 0 Å². The van der Waals surface area contributed by atoms with Crippen LogP contribution in [0.25, 0.3) is 0 Å². The molecular formula is C25H20Cl2N2O4S. The van der Waals surface area contributed by atoms with E-state index in [2.05, 4.69) is 22.2 Å². The number of aromatic carboxylic acids is 1. The molecule has 2 aliphatic rings. The number of halogens is 2. The van der Waals surface area contributed by atoms with E-state index >= 15 is 0 Å². The van der Waals surface area contributed by atoms with E-state index in [1.165, 1.54) is 18.2 Å². The van der Waals surface area contributed by atoms with Crippen LogP contribution in [0.15, 0.2) is 77.7 Å². The molecule has 6 nitrogen and oxygen atoms in total. The number of carbonyl (C=O) groups is 1. The average molecular weight is 515 g/mol. The van der Waals surface area contributed by atoms with Gasteiger partial charge >= 0.3 is 5.97 Å². The van der Waals surface area contributed by atoms with Gasteiger partial charge in [0.2, 0.25) is 0 Å². The first-order valence-electron chi connectivity index (χ1n) is 10.6. The van der Waals surface area contributed by atoms with Gasteiger partial charge in [0.15, 0.2) is 0 Å². The minimum Gasteiger partial charge on any atom is -0.478 e. The molecule has 0 spiro atoms. The molecule has 1 heterocycles. The second-order valence-corrected chi connectivity index (χ2v) is 10.9. The Morgan fingerprint density at radius 3 is 2.59 bits per heavy atom. The predicted molar refractivity (Wildman–Crippen MR) is 133 cm³/mol. The van der Waals surface area contributed by atoms with Crippen LogP contribution in [-0.2, 0) is 10.0 Å². The topological polar surface area (TPSA) is 95.5 Å². The van der Waals surface area contributed by atoms with Gasteiger partial charge in [0.05, 0.1) is 27.2 Å². The highest BCUT2D eigenvalue weighted by Crippen LogP contribution is 2.50. The molecule has 0 amide bonds. The Morgan fingerprint density at radius 1 is 1.03 bits per heavy atom. The Morgan fingerprint density at radius 2 is 1.82 bits per heavy atom. The van der Waals surface area contributed by atoms with E-state index in [1.54, 1.807) is 30.3 Å². The Hall–Kier alpha value is -3.00. The van der Waals surface area contributed by atoms with Crippen LogP contribution in [0.2, 0.25) is 10.0 Å². The lowest BCUT2D eigenvalue weighted by atomic mass is 9.76. The Balaban J connectivity index is 1.51. The van der Waals surface area contributed by atoms with E-state index < -0.39 is 16.0 Å². The maximum Gasteiger partial charge on any atom is 0.336 e. The fourth-order valence-electron chi connectivity index (χ4n) is 4.79. The van der Waals surface area contributed by atoms with Crippen molar-refractivity contribution in [2.75, 3.05) is 10.0 Å². The number of allylic oxidation sites excluding steroid dienone is 2. The van der Waals surface area contributed by atoms with Crippen LogP contribution < -0.4 is 10.0 Å². The molecule has 3 atom stereocenters. The van der Waals surface area contributed by atoms with Gasteiger partial charge < -0.3 is 10.4 Å². The quantitative estimate of drug-likeness (QED) is 0.346. The third kappa shape index (κ3) is 4.04. The van der Waals surface area contributed by atoms with Crippen LogP contribution in [0.5, 0.6) is 0 Å². The Labute approximate surface area is 207 Å². The van der Waals surface area contributed by atoms with Crippen molar-refractivity contribution in [2.45, 2.75) is 23.3 Å². The largest absolute Gasteiger partial charge is 0.478 e. The van der Waals surface area contributed by atoms with Gasteiger partial charge in [0.1, 0.15) is 0 Å². The summed E-state index contributed by atoms with van der Waals surface area (Å²) in [6, 6.07) is 16.2. The minimum absolute atomic E-state index is 0.0441. The first kappa shape index (κ1) is 22.8. The second kappa shape index (κ2) is 8.65. The fraction of sp³-hybridized carbons (Fsp3) is 0.160. The molecule has 0 aromatic heterocycles. The van der Waals surface area contributed by atoms with Crippen LogP contribution in [0.4, 0.5) is 11.4 Å². The summed E-state index contributed by atoms with van der Waals surface area (Å²) in [6.45, 7) is 0. The van der Waals surface area contributed by atoms with Gasteiger partial charge in [-0.1, -0.05) is 53.6 Å². The Bertz CT molecular complexity index is 1440. The van der Waals surface area contributed by atoms with E-state index in [4.69, 9.17) is 23.2 Å². The normalized spacial score (nSPS) is 20.8. The summed E-state index contributed by atoms with van der Waals surface area (Å²) in [5, 5.41) is 13.8. The molecular weight excluding hydrogens is 495 g/mol. The van der Waals surface area contributed by atoms with E-state index in [0.29, 0.717) is 5.02 Å². The molecule has 3 N–H and O–H groups in total. The summed E-state index contributed by atoms with van der Waals surface area (Å²) in [5.41, 5.74) is 2.85. The molecule has 3 aromatic carbocycles. The van der Waals surface area contributed by atoms with Crippen LogP contribution in [0.1, 0.15) is 39.9 Å². The van der Waals surface area contributed by atoms with Gasteiger partial charge in [-0.25, -0.2) is 13.2 Å². The highest BCUT2D eigenvalue weighted by Gasteiger charge is 2.39. The molecule has 1 aliphatic heterocycles. The number of nitrogens with one attached hydrogen (secondary N) is 2. The number of hydrogen-bond acceptors (Lipinski definition) is 4. The number of sulfonamides is 1. The maximum atomic E-state index is 13.1. The highest BCUT2D eigenvalue weighted by atomic mass is 35.5. The molecule has 0 bridgehead atoms. The van der Waals surface area contributed by atoms with Crippen molar-refractivity contribution in [1.82, 2.24) is 0 Å². The van der Waals surface area contributed by atoms with Crippen molar-refractivity contribution in [1.29, 1.82) is 0 Å². The summed E-state index contributed by atoms with van der Waals surface area (Å²) in [7, 11) is -3.90. The zero-order chi connectivity index (χ0) is 24.0. The first-order chi connectivity index (χ1) is 16.2. The van der Waals surface area contributed by atoms with Gasteiger partial charge in [-0.05, 0) is 65.9 Å². The van der Waals surface area contributed by atoms with Crippen LogP contribution in [0, 0.1) is 5.92 Å². The van der Waals surface area contributed by atoms with E-state index in [-0.39, 0.29) is 39.0 Å². The van der Waals surface area contributed by atoms with Gasteiger partial charge in [-0.15, -0.1) is 0 Å². The lowest BCUT2D eigenvalue weighted by molar-refractivity contribution is 0.0694. The van der Waals surface area contributed by atoms with Gasteiger partial charge in [0, 0.05) is 16.6 Å². The fourth-order valence-corrected chi connectivity index (χ4v) is 6.41. The summed E-state index contributed by atoms with van der Waals surface area (Å²) in [4.78, 5) is 11.9. The lowest BCUT2D eigenvalue weighted by Crippen LogP contribution is -2.30. The number of hydrogen-bond donors (Lipinski definition) is 3. The zero-order valence-electron chi connectivity index (χ0n) is 17.7. The number of rotatable bonds is 5. The number of benzene rings is 3. The highest BCUT2D eigenvalue weighted by molar-refractivity contribution is 7.92. The molecule has 1 aliphatic carbocycles. The molecule has 174 valence electrons. The number of fused-ring (bicyclic) bond motifs is 3. The third-order valence-corrected chi connectivity index (χ3v) is 8.26. The van der Waals surface area contributed by atoms with Gasteiger partial charge in [0.25, 0.3) is 10.0 Å². The number of carboxylic acid groups (broad SMARTS) is 1. The summed E-state index contributed by atoms with van der Waals surface area (Å²) >= 11 is 12.1. The third-order valence-electron chi connectivity index (χ3n) is 6.35. The van der Waals surface area contributed by atoms with Crippen molar-refractivity contribution < 1.29 is 18.3 Å². The van der Waals surface area contributed by atoms with Crippen molar-refractivity contribution in [3.63, 3.8) is 0 Å². The number of carboxylic acids is 1. The average Bonchev–Trinajstić information content (AvgIpc) is 3.30. The predicted octanol–water partition coefficient (Wildman–Crippen LogP) is 6.32. The summed E-state index contributed by atoms with van der Waals surface area (Å²) < 4.78 is 28.8. The van der Waals surface area contributed by atoms with E-state index in [9.17, 15) is 18.3 Å². The molecule has 5 rings (SSSR count). The molecule has 0 unspecified atom stereocenters. The molecule has 0 saturated heterocycles. The minimum atomic E-state index is -3.90. The van der Waals surface area contributed by atoms with Crippen LogP contribution in [0.3, 0.4) is 0 Å². The van der Waals surface area contributed by atoms with Crippen LogP contribution >= 0.6 is 23.2 Å². The number of anilines is 2. The van der Waals surface area contributed by atoms with Crippen molar-refractivity contribution in [3.05, 3.63) is 99.6 Å². The van der Waals surface area contributed by atoms with Gasteiger partial charge in [-0.2, -0.15) is 0 Å². The molecule has 9 heteroatoms. The van der Waals surface area contributed by atoms with E-state index in [1.807, 2.05) is 12.1 Å². The lowest BCUT2D eigenvalue weighted by Gasteiger charge is -2.38. The van der Waals surface area contributed by atoms with Crippen molar-refractivity contribution >= 4 is 50.6 Å². The molecule has 0 radical (unpaired) electrons. The van der Waals surface area contributed by atoms with Crippen LogP contribution in [-0.4, -0.2) is 19.5 Å². The molecule has 3 aromatic rings. The molecule has 34 heavy (non-hydrogen) atoms. The van der Waals surface area contributed by atoms with Crippen molar-refractivity contribution in [2.24, 2.45) is 5.92 Å². The SMILES string of the molecule is O=C(O)c1ccccc1[C@H]1Nc2ccc(S(=O)(=O)Nc3ccc(Cl)cc3Cl)cc2[C@H]2C=CC[C@H]21. The monoisotopic (exact) mass is 514 g/mol. The summed E-state index contributed by atoms with van der Waals surface area (Å²) in [6.07, 6.45) is 4.89. The first-order valence-corrected chi connectivity index (χ1v) is 12.9. The van der Waals surface area contributed by atoms with Gasteiger partial charge in [-0.3, -0.25) is 4.72 Å². The Kier molecular flexibility index (Phi) is 5.80.